The van der Waals surface area contributed by atoms with Gasteiger partial charge in [0.1, 0.15) is 0 Å². The van der Waals surface area contributed by atoms with E-state index in [9.17, 15) is 4.79 Å². The number of anilines is 1. The van der Waals surface area contributed by atoms with Crippen LogP contribution in [0.15, 0.2) is 108 Å². The molecule has 40 heavy (non-hydrogen) atoms. The number of hydrogen-bond acceptors (Lipinski definition) is 4. The molecule has 1 unspecified atom stereocenters. The lowest BCUT2D eigenvalue weighted by Crippen LogP contribution is -2.35. The molecule has 4 aromatic carbocycles. The Morgan fingerprint density at radius 1 is 0.875 bits per heavy atom. The van der Waals surface area contributed by atoms with E-state index in [2.05, 4.69) is 33.0 Å². The first kappa shape index (κ1) is 27.8. The van der Waals surface area contributed by atoms with Gasteiger partial charge in [-0.15, -0.1) is 10.2 Å². The molecule has 0 saturated heterocycles. The fourth-order valence-corrected chi connectivity index (χ4v) is 5.72. The van der Waals surface area contributed by atoms with Gasteiger partial charge in [-0.05, 0) is 53.9 Å². The zero-order valence-corrected chi connectivity index (χ0v) is 24.0. The van der Waals surface area contributed by atoms with Gasteiger partial charge in [-0.3, -0.25) is 4.57 Å². The number of nitrogens with one attached hydrogen (secondary N) is 2. The predicted molar refractivity (Wildman–Crippen MR) is 164 cm³/mol. The van der Waals surface area contributed by atoms with Gasteiger partial charge in [-0.2, -0.15) is 0 Å². The first-order valence-electron chi connectivity index (χ1n) is 12.7. The van der Waals surface area contributed by atoms with Gasteiger partial charge in [-0.25, -0.2) is 4.79 Å². The summed E-state index contributed by atoms with van der Waals surface area (Å²) in [5.74, 6) is 1.25. The molecule has 0 aliphatic carbocycles. The number of carbonyl (C=O) groups excluding carboxylic acids is 1. The van der Waals surface area contributed by atoms with Crippen molar-refractivity contribution >= 4 is 46.7 Å². The molecule has 2 N–H and O–H groups in total. The first-order chi connectivity index (χ1) is 19.5. The summed E-state index contributed by atoms with van der Waals surface area (Å²) in [5, 5.41) is 16.9. The van der Waals surface area contributed by atoms with E-state index in [1.54, 1.807) is 23.9 Å². The molecular formula is C31H27Cl2N5OS. The topological polar surface area (TPSA) is 71.8 Å². The number of halogens is 2. The molecule has 0 spiro atoms. The van der Waals surface area contributed by atoms with Crippen molar-refractivity contribution in [3.63, 3.8) is 0 Å². The number of aromatic nitrogens is 3. The van der Waals surface area contributed by atoms with Gasteiger partial charge < -0.3 is 10.6 Å². The average molecular weight is 589 g/mol. The quantitative estimate of drug-likeness (QED) is 0.170. The van der Waals surface area contributed by atoms with Crippen LogP contribution in [0.2, 0.25) is 10.0 Å². The van der Waals surface area contributed by atoms with E-state index in [4.69, 9.17) is 23.2 Å². The Kier molecular flexibility index (Phi) is 9.06. The molecule has 6 nitrogen and oxygen atoms in total. The molecule has 0 bridgehead atoms. The average Bonchev–Trinajstić information content (AvgIpc) is 3.36. The number of hydrogen-bond donors (Lipinski definition) is 2. The Labute approximate surface area is 247 Å². The molecule has 1 atom stereocenters. The first-order valence-corrected chi connectivity index (χ1v) is 14.5. The number of carbonyl (C=O) groups is 1. The van der Waals surface area contributed by atoms with Gasteiger partial charge in [0.15, 0.2) is 11.0 Å². The molecule has 1 heterocycles. The lowest BCUT2D eigenvalue weighted by molar-refractivity contribution is 0.247. The SMILES string of the molecule is Cc1cccc(NC(=O)NC(Cc2ccccc2)c2nnc(SCc3ccccc3)n2-c2ccc(Cl)cc2Cl)c1. The van der Waals surface area contributed by atoms with Crippen LogP contribution >= 0.6 is 35.0 Å². The normalized spacial score (nSPS) is 11.7. The summed E-state index contributed by atoms with van der Waals surface area (Å²) in [4.78, 5) is 13.2. The van der Waals surface area contributed by atoms with Gasteiger partial charge >= 0.3 is 6.03 Å². The highest BCUT2D eigenvalue weighted by Gasteiger charge is 2.26. The van der Waals surface area contributed by atoms with Crippen molar-refractivity contribution < 1.29 is 4.79 Å². The fraction of sp³-hybridized carbons (Fsp3) is 0.129. The van der Waals surface area contributed by atoms with E-state index in [1.807, 2.05) is 90.4 Å². The van der Waals surface area contributed by atoms with Crippen molar-refractivity contribution in [1.82, 2.24) is 20.1 Å². The van der Waals surface area contributed by atoms with Crippen molar-refractivity contribution in [1.29, 1.82) is 0 Å². The highest BCUT2D eigenvalue weighted by molar-refractivity contribution is 7.98. The van der Waals surface area contributed by atoms with Crippen molar-refractivity contribution in [2.45, 2.75) is 30.3 Å². The van der Waals surface area contributed by atoms with Crippen LogP contribution in [0.25, 0.3) is 5.69 Å². The second kappa shape index (κ2) is 13.0. The molecule has 5 rings (SSSR count). The number of urea groups is 1. The molecular weight excluding hydrogens is 561 g/mol. The number of benzene rings is 4. The van der Waals surface area contributed by atoms with Gasteiger partial charge in [0.2, 0.25) is 0 Å². The van der Waals surface area contributed by atoms with Crippen LogP contribution in [0, 0.1) is 6.92 Å². The number of aryl methyl sites for hydroxylation is 1. The smallest absolute Gasteiger partial charge is 0.319 e. The monoisotopic (exact) mass is 587 g/mol. The largest absolute Gasteiger partial charge is 0.327 e. The van der Waals surface area contributed by atoms with E-state index >= 15 is 0 Å². The molecule has 2 amide bonds. The molecule has 202 valence electrons. The number of amides is 2. The van der Waals surface area contributed by atoms with E-state index < -0.39 is 6.04 Å². The van der Waals surface area contributed by atoms with Gasteiger partial charge in [0, 0.05) is 22.9 Å². The fourth-order valence-electron chi connectivity index (χ4n) is 4.32. The maximum Gasteiger partial charge on any atom is 0.319 e. The number of nitrogens with zero attached hydrogens (tertiary/aromatic N) is 3. The Morgan fingerprint density at radius 2 is 1.60 bits per heavy atom. The third-order valence-corrected chi connectivity index (χ3v) is 7.73. The lowest BCUT2D eigenvalue weighted by atomic mass is 10.1. The van der Waals surface area contributed by atoms with Crippen LogP contribution in [0.3, 0.4) is 0 Å². The highest BCUT2D eigenvalue weighted by Crippen LogP contribution is 2.33. The van der Waals surface area contributed by atoms with Crippen molar-refractivity contribution in [3.8, 4) is 5.69 Å². The van der Waals surface area contributed by atoms with Crippen molar-refractivity contribution in [3.05, 3.63) is 136 Å². The maximum absolute atomic E-state index is 13.2. The Morgan fingerprint density at radius 3 is 2.30 bits per heavy atom. The molecule has 0 aliphatic rings. The van der Waals surface area contributed by atoms with Crippen LogP contribution in [0.1, 0.15) is 28.6 Å². The van der Waals surface area contributed by atoms with E-state index in [1.165, 1.54) is 0 Å². The molecule has 0 saturated carbocycles. The molecule has 5 aromatic rings. The number of thioether (sulfide) groups is 1. The number of rotatable bonds is 9. The van der Waals surface area contributed by atoms with Crippen LogP contribution in [0.5, 0.6) is 0 Å². The Hall–Kier alpha value is -3.78. The summed E-state index contributed by atoms with van der Waals surface area (Å²) >= 11 is 14.5. The second-order valence-corrected chi connectivity index (χ2v) is 11.0. The van der Waals surface area contributed by atoms with E-state index in [0.29, 0.717) is 44.6 Å². The third kappa shape index (κ3) is 7.04. The van der Waals surface area contributed by atoms with E-state index in [0.717, 1.165) is 16.7 Å². The lowest BCUT2D eigenvalue weighted by Gasteiger charge is -2.21. The van der Waals surface area contributed by atoms with Crippen LogP contribution in [-0.4, -0.2) is 20.8 Å². The van der Waals surface area contributed by atoms with Gasteiger partial charge in [0.25, 0.3) is 0 Å². The minimum atomic E-state index is -0.516. The minimum Gasteiger partial charge on any atom is -0.327 e. The summed E-state index contributed by atoms with van der Waals surface area (Å²) < 4.78 is 1.91. The van der Waals surface area contributed by atoms with Crippen LogP contribution in [-0.2, 0) is 12.2 Å². The molecule has 9 heteroatoms. The Bertz CT molecular complexity index is 1590. The summed E-state index contributed by atoms with van der Waals surface area (Å²) in [6.45, 7) is 1.98. The van der Waals surface area contributed by atoms with Crippen LogP contribution < -0.4 is 10.6 Å². The van der Waals surface area contributed by atoms with Gasteiger partial charge in [0.05, 0.1) is 16.8 Å². The van der Waals surface area contributed by atoms with Crippen LogP contribution in [0.4, 0.5) is 10.5 Å². The summed E-state index contributed by atoms with van der Waals surface area (Å²) in [6.07, 6.45) is 0.495. The van der Waals surface area contributed by atoms with Crippen molar-refractivity contribution in [2.75, 3.05) is 5.32 Å². The van der Waals surface area contributed by atoms with Gasteiger partial charge in [-0.1, -0.05) is 108 Å². The maximum atomic E-state index is 13.2. The zero-order chi connectivity index (χ0) is 27.9. The summed E-state index contributed by atoms with van der Waals surface area (Å²) in [6, 6.07) is 32.2. The second-order valence-electron chi connectivity index (χ2n) is 9.26. The van der Waals surface area contributed by atoms with E-state index in [-0.39, 0.29) is 6.03 Å². The zero-order valence-electron chi connectivity index (χ0n) is 21.7. The molecule has 0 aliphatic heterocycles. The summed E-state index contributed by atoms with van der Waals surface area (Å²) in [5.41, 5.74) is 4.63. The standard InChI is InChI=1S/C31H27Cl2N5OS/c1-21-9-8-14-25(17-21)34-30(39)35-27(18-22-10-4-2-5-11-22)29-36-37-31(40-20-23-12-6-3-7-13-23)38(29)28-16-15-24(32)19-26(28)33/h2-17,19,27H,18,20H2,1H3,(H2,34,35,39). The third-order valence-electron chi connectivity index (χ3n) is 6.20. The molecule has 0 radical (unpaired) electrons. The highest BCUT2D eigenvalue weighted by atomic mass is 35.5. The Balaban J connectivity index is 1.52. The minimum absolute atomic E-state index is 0.346. The summed E-state index contributed by atoms with van der Waals surface area (Å²) in [7, 11) is 0. The predicted octanol–water partition coefficient (Wildman–Crippen LogP) is 8.28. The molecule has 0 fully saturated rings. The van der Waals surface area contributed by atoms with Crippen molar-refractivity contribution in [2.24, 2.45) is 0 Å². The molecule has 1 aromatic heterocycles.